The van der Waals surface area contributed by atoms with Crippen LogP contribution in [-0.4, -0.2) is 11.7 Å². The van der Waals surface area contributed by atoms with Crippen molar-refractivity contribution in [2.24, 2.45) is 11.3 Å². The molecule has 0 aromatic heterocycles. The average Bonchev–Trinajstić information content (AvgIpc) is 2.44. The van der Waals surface area contributed by atoms with E-state index in [4.69, 9.17) is 0 Å². The number of hydrogen-bond acceptors (Lipinski definition) is 1. The molecule has 0 aromatic carbocycles. The van der Waals surface area contributed by atoms with Gasteiger partial charge >= 0.3 is 0 Å². The maximum Gasteiger partial charge on any atom is 0.0641 e. The van der Waals surface area contributed by atoms with Crippen LogP contribution < -0.4 is 0 Å². The highest BCUT2D eigenvalue weighted by Crippen LogP contribution is 2.45. The highest BCUT2D eigenvalue weighted by molar-refractivity contribution is 5.20. The summed E-state index contributed by atoms with van der Waals surface area (Å²) >= 11 is 0. The van der Waals surface area contributed by atoms with E-state index in [0.29, 0.717) is 11.3 Å². The summed E-state index contributed by atoms with van der Waals surface area (Å²) < 4.78 is 0. The maximum atomic E-state index is 9.27. The Morgan fingerprint density at radius 1 is 1.60 bits per heavy atom. The smallest absolute Gasteiger partial charge is 0.0641 e. The molecule has 0 aliphatic heterocycles. The van der Waals surface area contributed by atoms with Gasteiger partial charge in [0, 0.05) is 0 Å². The van der Waals surface area contributed by atoms with Crippen molar-refractivity contribution in [2.45, 2.75) is 47.0 Å². The molecule has 1 nitrogen and oxygen atoms in total. The van der Waals surface area contributed by atoms with Crippen LogP contribution >= 0.6 is 0 Å². The Bertz CT molecular complexity index is 271. The minimum absolute atomic E-state index is 0.222. The van der Waals surface area contributed by atoms with Gasteiger partial charge in [-0.25, -0.2) is 0 Å². The molecular weight excluding hydrogens is 184 g/mol. The molecule has 1 atom stereocenters. The summed E-state index contributed by atoms with van der Waals surface area (Å²) in [6.07, 6.45) is 7.76. The van der Waals surface area contributed by atoms with E-state index >= 15 is 0 Å². The second-order valence-electron chi connectivity index (χ2n) is 5.17. The minimum Gasteiger partial charge on any atom is -0.392 e. The van der Waals surface area contributed by atoms with Gasteiger partial charge in [-0.1, -0.05) is 38.5 Å². The van der Waals surface area contributed by atoms with Gasteiger partial charge in [-0.2, -0.15) is 0 Å². The van der Waals surface area contributed by atoms with Gasteiger partial charge in [-0.3, -0.25) is 0 Å². The molecule has 1 N–H and O–H groups in total. The molecule has 0 heterocycles. The van der Waals surface area contributed by atoms with Gasteiger partial charge in [-0.05, 0) is 43.1 Å². The lowest BCUT2D eigenvalue weighted by atomic mass is 9.75. The third kappa shape index (κ3) is 2.72. The first-order valence-electron chi connectivity index (χ1n) is 5.98. The predicted molar refractivity (Wildman–Crippen MR) is 65.7 cm³/mol. The Kier molecular flexibility index (Phi) is 4.15. The SMILES string of the molecule is CCC=C(CO)CC1CC=C(C)C1(C)C. The van der Waals surface area contributed by atoms with Crippen molar-refractivity contribution in [2.75, 3.05) is 6.61 Å². The van der Waals surface area contributed by atoms with Crippen molar-refractivity contribution in [3.8, 4) is 0 Å². The highest BCUT2D eigenvalue weighted by atomic mass is 16.3. The first-order chi connectivity index (χ1) is 7.02. The van der Waals surface area contributed by atoms with Crippen LogP contribution in [0.1, 0.15) is 47.0 Å². The van der Waals surface area contributed by atoms with Crippen molar-refractivity contribution < 1.29 is 5.11 Å². The van der Waals surface area contributed by atoms with E-state index < -0.39 is 0 Å². The Labute approximate surface area is 93.9 Å². The fraction of sp³-hybridized carbons (Fsp3) is 0.714. The zero-order valence-electron chi connectivity index (χ0n) is 10.5. The zero-order chi connectivity index (χ0) is 11.5. The Hall–Kier alpha value is -0.560. The molecule has 0 amide bonds. The van der Waals surface area contributed by atoms with Gasteiger partial charge in [0.05, 0.1) is 6.61 Å². The molecule has 1 rings (SSSR count). The molecule has 15 heavy (non-hydrogen) atoms. The number of aliphatic hydroxyl groups is 1. The number of hydrogen-bond donors (Lipinski definition) is 1. The van der Waals surface area contributed by atoms with E-state index in [1.807, 2.05) is 0 Å². The molecule has 86 valence electrons. The van der Waals surface area contributed by atoms with Crippen molar-refractivity contribution in [1.29, 1.82) is 0 Å². The van der Waals surface area contributed by atoms with E-state index in [2.05, 4.69) is 39.8 Å². The second kappa shape index (κ2) is 4.98. The van der Waals surface area contributed by atoms with Gasteiger partial charge in [0.2, 0.25) is 0 Å². The van der Waals surface area contributed by atoms with Gasteiger partial charge in [-0.15, -0.1) is 0 Å². The molecule has 0 saturated carbocycles. The summed E-state index contributed by atoms with van der Waals surface area (Å²) in [6, 6.07) is 0. The summed E-state index contributed by atoms with van der Waals surface area (Å²) in [5.41, 5.74) is 3.02. The van der Waals surface area contributed by atoms with E-state index in [0.717, 1.165) is 12.8 Å². The summed E-state index contributed by atoms with van der Waals surface area (Å²) in [6.45, 7) is 9.20. The molecule has 0 bridgehead atoms. The zero-order valence-corrected chi connectivity index (χ0v) is 10.5. The highest BCUT2D eigenvalue weighted by Gasteiger charge is 2.34. The number of allylic oxidation sites excluding steroid dienone is 3. The molecule has 0 saturated heterocycles. The fourth-order valence-electron chi connectivity index (χ4n) is 2.35. The summed E-state index contributed by atoms with van der Waals surface area (Å²) in [5, 5.41) is 9.27. The topological polar surface area (TPSA) is 20.2 Å². The Morgan fingerprint density at radius 3 is 2.67 bits per heavy atom. The van der Waals surface area contributed by atoms with Crippen LogP contribution in [0.2, 0.25) is 0 Å². The maximum absolute atomic E-state index is 9.27. The standard InChI is InChI=1S/C14H24O/c1-5-6-12(10-15)9-13-8-7-11(2)14(13,3)4/h6-7,13,15H,5,8-10H2,1-4H3. The molecule has 0 fully saturated rings. The molecule has 0 radical (unpaired) electrons. The van der Waals surface area contributed by atoms with Crippen LogP contribution in [0.3, 0.4) is 0 Å². The number of rotatable bonds is 4. The molecule has 1 aliphatic carbocycles. The lowest BCUT2D eigenvalue weighted by molar-refractivity contribution is 0.267. The first-order valence-corrected chi connectivity index (χ1v) is 5.98. The lowest BCUT2D eigenvalue weighted by Gasteiger charge is -2.30. The summed E-state index contributed by atoms with van der Waals surface area (Å²) in [5.74, 6) is 0.669. The van der Waals surface area contributed by atoms with E-state index in [9.17, 15) is 5.11 Å². The van der Waals surface area contributed by atoms with Crippen LogP contribution in [-0.2, 0) is 0 Å². The summed E-state index contributed by atoms with van der Waals surface area (Å²) in [7, 11) is 0. The molecular formula is C14H24O. The van der Waals surface area contributed by atoms with Crippen molar-refractivity contribution in [1.82, 2.24) is 0 Å². The van der Waals surface area contributed by atoms with E-state index in [1.54, 1.807) is 0 Å². The van der Waals surface area contributed by atoms with Gasteiger partial charge in [0.25, 0.3) is 0 Å². The van der Waals surface area contributed by atoms with E-state index in [1.165, 1.54) is 17.6 Å². The third-order valence-corrected chi connectivity index (χ3v) is 3.95. The second-order valence-corrected chi connectivity index (χ2v) is 5.17. The molecule has 1 aliphatic rings. The van der Waals surface area contributed by atoms with Crippen molar-refractivity contribution >= 4 is 0 Å². The predicted octanol–water partition coefficient (Wildman–Crippen LogP) is 3.70. The fourth-order valence-corrected chi connectivity index (χ4v) is 2.35. The monoisotopic (exact) mass is 208 g/mol. The van der Waals surface area contributed by atoms with Crippen LogP contribution in [0.5, 0.6) is 0 Å². The lowest BCUT2D eigenvalue weighted by Crippen LogP contribution is -2.21. The Balaban J connectivity index is 2.65. The van der Waals surface area contributed by atoms with Crippen LogP contribution in [0.15, 0.2) is 23.3 Å². The number of aliphatic hydroxyl groups excluding tert-OH is 1. The molecule has 0 spiro atoms. The van der Waals surface area contributed by atoms with E-state index in [-0.39, 0.29) is 6.61 Å². The molecule has 1 unspecified atom stereocenters. The van der Waals surface area contributed by atoms with Gasteiger partial charge < -0.3 is 5.11 Å². The van der Waals surface area contributed by atoms with Crippen LogP contribution in [0.25, 0.3) is 0 Å². The van der Waals surface area contributed by atoms with Crippen LogP contribution in [0.4, 0.5) is 0 Å². The normalized spacial score (nSPS) is 25.5. The van der Waals surface area contributed by atoms with Crippen molar-refractivity contribution in [3.63, 3.8) is 0 Å². The van der Waals surface area contributed by atoms with Gasteiger partial charge in [0.15, 0.2) is 0 Å². The first kappa shape index (κ1) is 12.5. The summed E-state index contributed by atoms with van der Waals surface area (Å²) in [4.78, 5) is 0. The van der Waals surface area contributed by atoms with Crippen molar-refractivity contribution in [3.05, 3.63) is 23.3 Å². The average molecular weight is 208 g/mol. The molecule has 0 aromatic rings. The third-order valence-electron chi connectivity index (χ3n) is 3.95. The quantitative estimate of drug-likeness (QED) is 0.698. The largest absolute Gasteiger partial charge is 0.392 e. The Morgan fingerprint density at radius 2 is 2.27 bits per heavy atom. The minimum atomic E-state index is 0.222. The molecule has 1 heteroatoms. The van der Waals surface area contributed by atoms with Gasteiger partial charge in [0.1, 0.15) is 0 Å². The van der Waals surface area contributed by atoms with Crippen LogP contribution in [0, 0.1) is 11.3 Å².